The molecule has 0 unspecified atom stereocenters. The molecule has 0 saturated carbocycles. The molecule has 0 spiro atoms. The number of thiazole rings is 1. The largest absolute Gasteiger partial charge is 0.489 e. The highest BCUT2D eigenvalue weighted by Gasteiger charge is 2.54. The minimum absolute atomic E-state index is 0.00829. The lowest BCUT2D eigenvalue weighted by molar-refractivity contribution is -0.152. The van der Waals surface area contributed by atoms with Gasteiger partial charge in [-0.15, -0.1) is 11.3 Å². The number of anilines is 1. The van der Waals surface area contributed by atoms with Crippen molar-refractivity contribution in [3.63, 3.8) is 0 Å². The van der Waals surface area contributed by atoms with Crippen LogP contribution in [0.4, 0.5) is 5.13 Å². The van der Waals surface area contributed by atoms with Crippen LogP contribution in [0.25, 0.3) is 0 Å². The highest BCUT2D eigenvalue weighted by Crippen LogP contribution is 2.34. The van der Waals surface area contributed by atoms with Gasteiger partial charge in [0, 0.05) is 17.4 Å². The van der Waals surface area contributed by atoms with Crippen molar-refractivity contribution in [3.05, 3.63) is 53.1 Å². The maximum atomic E-state index is 13.4. The number of oxime groups is 1. The molecular weight excluding hydrogens is 624 g/mol. The molecule has 19 nitrogen and oxygen atoms in total. The molecule has 1 aliphatic heterocycles. The van der Waals surface area contributed by atoms with Crippen LogP contribution in [0, 0.1) is 11.3 Å². The maximum absolute atomic E-state index is 13.4. The lowest BCUT2D eigenvalue weighted by atomic mass is 9.84. The Morgan fingerprint density at radius 1 is 1.25 bits per heavy atom. The molecule has 44 heavy (non-hydrogen) atoms. The van der Waals surface area contributed by atoms with E-state index in [-0.39, 0.29) is 45.6 Å². The quantitative estimate of drug-likeness (QED) is 0.0362. The van der Waals surface area contributed by atoms with Gasteiger partial charge in [0.05, 0.1) is 25.0 Å². The van der Waals surface area contributed by atoms with E-state index in [2.05, 4.69) is 20.2 Å². The van der Waals surface area contributed by atoms with E-state index in [1.165, 1.54) is 40.7 Å². The number of aliphatic carboxylic acids is 1. The van der Waals surface area contributed by atoms with Crippen molar-refractivity contribution in [1.82, 2.24) is 24.1 Å². The van der Waals surface area contributed by atoms with Crippen LogP contribution in [0.5, 0.6) is 5.75 Å². The Morgan fingerprint density at radius 2 is 1.95 bits per heavy atom. The van der Waals surface area contributed by atoms with E-state index in [1.807, 2.05) is 0 Å². The number of aromatic nitrogens is 4. The fourth-order valence-electron chi connectivity index (χ4n) is 4.09. The molecule has 3 aromatic rings. The van der Waals surface area contributed by atoms with E-state index in [0.29, 0.717) is 5.56 Å². The number of nitrogens with one attached hydrogen (secondary N) is 1. The summed E-state index contributed by atoms with van der Waals surface area (Å²) in [4.78, 5) is 51.1. The Labute approximate surface area is 252 Å². The van der Waals surface area contributed by atoms with Crippen LogP contribution in [0.3, 0.4) is 0 Å². The Kier molecular flexibility index (Phi) is 9.52. The van der Waals surface area contributed by atoms with E-state index in [1.54, 1.807) is 0 Å². The molecule has 3 heterocycles. The van der Waals surface area contributed by atoms with Gasteiger partial charge in [0.1, 0.15) is 30.2 Å². The number of carboxylic acid groups (broad SMARTS) is 1. The summed E-state index contributed by atoms with van der Waals surface area (Å²) in [5, 5.41) is 26.2. The predicted octanol–water partition coefficient (Wildman–Crippen LogP) is -1.40. The third-order valence-corrected chi connectivity index (χ3v) is 7.86. The smallest absolute Gasteiger partial charge is 0.362 e. The van der Waals surface area contributed by atoms with E-state index in [0.717, 1.165) is 11.3 Å². The third kappa shape index (κ3) is 7.31. The van der Waals surface area contributed by atoms with Gasteiger partial charge in [-0.1, -0.05) is 5.16 Å². The van der Waals surface area contributed by atoms with E-state index in [4.69, 9.17) is 32.2 Å². The monoisotopic (exact) mass is 650 g/mol. The first-order valence-corrected chi connectivity index (χ1v) is 14.7. The predicted molar refractivity (Wildman–Crippen MR) is 152 cm³/mol. The van der Waals surface area contributed by atoms with Crippen LogP contribution in [0.2, 0.25) is 0 Å². The number of Topliss-reactive ketones (excluding diaryl/α,β-unsaturated/α-hetero) is 1. The highest BCUT2D eigenvalue weighted by atomic mass is 32.2. The Morgan fingerprint density at radius 3 is 2.50 bits per heavy atom. The van der Waals surface area contributed by atoms with Crippen LogP contribution >= 0.6 is 11.3 Å². The zero-order valence-corrected chi connectivity index (χ0v) is 24.1. The van der Waals surface area contributed by atoms with Gasteiger partial charge < -0.3 is 31.9 Å². The number of amidine groups is 1. The molecule has 9 N–H and O–H groups in total. The number of ketones is 1. The SMILES string of the molecule is N=C(N)c1ccc(OC[C@H](O/N=C(\C(=O)C[C@@H]2C(=O)N(S(=O)(=O)O)[C@@H]2Cn2cnc(CN)n2)c2csc(N)n2)C(=O)O)cc1. The van der Waals surface area contributed by atoms with E-state index in [9.17, 15) is 32.5 Å². The fourth-order valence-corrected chi connectivity index (χ4v) is 5.55. The number of carbonyl (C=O) groups excluding carboxylic acids is 2. The van der Waals surface area contributed by atoms with Crippen molar-refractivity contribution in [2.24, 2.45) is 22.5 Å². The molecule has 2 aromatic heterocycles. The minimum atomic E-state index is -4.98. The number of amides is 1. The number of nitrogens with zero attached hydrogens (tertiary/aromatic N) is 6. The number of hydrogen-bond donors (Lipinski definition) is 6. The second kappa shape index (κ2) is 13.1. The van der Waals surface area contributed by atoms with Gasteiger partial charge >= 0.3 is 16.3 Å². The van der Waals surface area contributed by atoms with Gasteiger partial charge in [-0.25, -0.2) is 19.1 Å². The van der Waals surface area contributed by atoms with Crippen molar-refractivity contribution in [1.29, 1.82) is 5.41 Å². The lowest BCUT2D eigenvalue weighted by Gasteiger charge is -2.43. The Bertz CT molecular complexity index is 1700. The minimum Gasteiger partial charge on any atom is -0.489 e. The summed E-state index contributed by atoms with van der Waals surface area (Å²) in [7, 11) is -4.98. The first-order chi connectivity index (χ1) is 20.8. The maximum Gasteiger partial charge on any atom is 0.362 e. The van der Waals surface area contributed by atoms with Crippen LogP contribution < -0.4 is 21.9 Å². The van der Waals surface area contributed by atoms with Crippen molar-refractivity contribution in [2.45, 2.75) is 31.7 Å². The molecular formula is C23H26N10O9S2. The lowest BCUT2D eigenvalue weighted by Crippen LogP contribution is -2.64. The molecule has 0 aliphatic carbocycles. The number of rotatable bonds is 15. The van der Waals surface area contributed by atoms with Crippen LogP contribution in [0.15, 0.2) is 41.1 Å². The van der Waals surface area contributed by atoms with Gasteiger partial charge in [0.2, 0.25) is 5.91 Å². The molecule has 1 aliphatic rings. The number of β-lactam (4-membered cyclic amide) rings is 1. The summed E-state index contributed by atoms with van der Waals surface area (Å²) < 4.78 is 40.2. The van der Waals surface area contributed by atoms with E-state index < -0.39 is 64.8 Å². The van der Waals surface area contributed by atoms with Crippen LogP contribution in [-0.4, -0.2) is 90.1 Å². The summed E-state index contributed by atoms with van der Waals surface area (Å²) in [6.45, 7) is -0.811. The second-order valence-corrected chi connectivity index (χ2v) is 11.4. The first kappa shape index (κ1) is 31.9. The molecule has 3 atom stereocenters. The number of nitrogens with two attached hydrogens (primary N) is 3. The molecule has 1 amide bonds. The average molecular weight is 651 g/mol. The van der Waals surface area contributed by atoms with Gasteiger partial charge in [-0.05, 0) is 24.3 Å². The summed E-state index contributed by atoms with van der Waals surface area (Å²) in [5.74, 6) is -4.36. The third-order valence-electron chi connectivity index (χ3n) is 6.24. The summed E-state index contributed by atoms with van der Waals surface area (Å²) >= 11 is 0.948. The van der Waals surface area contributed by atoms with Crippen molar-refractivity contribution >= 4 is 56.0 Å². The summed E-state index contributed by atoms with van der Waals surface area (Å²) in [6, 6.07) is 4.68. The number of hydrogen-bond acceptors (Lipinski definition) is 15. The number of benzene rings is 1. The molecule has 4 rings (SSSR count). The molecule has 0 radical (unpaired) electrons. The molecule has 1 fully saturated rings. The topological polar surface area (TPSA) is 305 Å². The van der Waals surface area contributed by atoms with Gasteiger partial charge in [0.25, 0.3) is 6.10 Å². The Hall–Kier alpha value is -4.99. The van der Waals surface area contributed by atoms with Crippen molar-refractivity contribution in [2.75, 3.05) is 12.3 Å². The molecule has 1 saturated heterocycles. The van der Waals surface area contributed by atoms with E-state index >= 15 is 0 Å². The highest BCUT2D eigenvalue weighted by molar-refractivity contribution is 7.84. The molecule has 1 aromatic carbocycles. The molecule has 21 heteroatoms. The van der Waals surface area contributed by atoms with Gasteiger partial charge in [0.15, 0.2) is 22.5 Å². The normalized spacial score (nSPS) is 17.5. The Balaban J connectivity index is 1.53. The van der Waals surface area contributed by atoms with Crippen LogP contribution in [0.1, 0.15) is 23.5 Å². The molecule has 0 bridgehead atoms. The zero-order chi connectivity index (χ0) is 32.2. The summed E-state index contributed by atoms with van der Waals surface area (Å²) in [6.07, 6.45) is -1.08. The number of nitrogen functional groups attached to an aromatic ring is 2. The van der Waals surface area contributed by atoms with Crippen molar-refractivity contribution < 1.29 is 42.0 Å². The van der Waals surface area contributed by atoms with Gasteiger partial charge in [-0.3, -0.25) is 24.2 Å². The zero-order valence-electron chi connectivity index (χ0n) is 22.5. The standard InChI is InChI=1S/C23H26N10O9S2/c24-6-18-28-10-32(30-18)7-15-13(21(35)33(15)44(38,39)40)5-16(34)19(14-9-43-23(27)29-14)31-42-17(22(36)37)8-41-12-3-1-11(2-4-12)20(25)26/h1-4,9-10,13,15,17H,5-8,24H2,(H3,25,26)(H2,27,29)(H,36,37)(H,38,39,40)/b31-19-/t13-,15+,17-/m0/s1. The number of ether oxygens (including phenoxy) is 1. The van der Waals surface area contributed by atoms with Crippen LogP contribution in [-0.2, 0) is 42.6 Å². The summed E-state index contributed by atoms with van der Waals surface area (Å²) in [5.41, 5.74) is 16.5. The van der Waals surface area contributed by atoms with Crippen molar-refractivity contribution in [3.8, 4) is 5.75 Å². The van der Waals surface area contributed by atoms with Gasteiger partial charge in [-0.2, -0.15) is 13.5 Å². The first-order valence-electron chi connectivity index (χ1n) is 12.5. The second-order valence-electron chi connectivity index (χ2n) is 9.19. The fraction of sp³-hybridized carbons (Fsp3) is 0.304. The number of carboxylic acids is 1. The molecule has 234 valence electrons. The number of carbonyl (C=O) groups is 3. The average Bonchev–Trinajstić information content (AvgIpc) is 3.61.